The van der Waals surface area contributed by atoms with Gasteiger partial charge in [-0.2, -0.15) is 0 Å². The van der Waals surface area contributed by atoms with Gasteiger partial charge in [0, 0.05) is 12.1 Å². The first kappa shape index (κ1) is 13.0. The molecule has 1 heterocycles. The monoisotopic (exact) mass is 213 g/mol. The average molecular weight is 213 g/mol. The van der Waals surface area contributed by atoms with Crippen molar-refractivity contribution in [1.82, 2.24) is 4.90 Å². The van der Waals surface area contributed by atoms with Crippen LogP contribution in [0.15, 0.2) is 0 Å². The van der Waals surface area contributed by atoms with E-state index >= 15 is 0 Å². The van der Waals surface area contributed by atoms with Crippen LogP contribution in [0.1, 0.15) is 53.9 Å². The Kier molecular flexibility index (Phi) is 4.19. The van der Waals surface area contributed by atoms with Crippen molar-refractivity contribution in [3.8, 4) is 0 Å². The Morgan fingerprint density at radius 3 is 2.00 bits per heavy atom. The molecular weight excluding hydrogens is 186 g/mol. The number of nitrogens with zero attached hydrogens (tertiary/aromatic N) is 1. The second-order valence-corrected chi connectivity index (χ2v) is 6.22. The molecule has 1 saturated heterocycles. The summed E-state index contributed by atoms with van der Waals surface area (Å²) < 4.78 is 5.80. The van der Waals surface area contributed by atoms with Gasteiger partial charge in [0.15, 0.2) is 0 Å². The molecule has 1 aliphatic rings. The fourth-order valence-corrected chi connectivity index (χ4v) is 2.09. The van der Waals surface area contributed by atoms with Gasteiger partial charge in [0.25, 0.3) is 0 Å². The standard InChI is InChI=1S/C13H27NO/c1-12(2,3)15-11-8-13(4,5)14-9-6-7-10-14/h6-11H2,1-5H3. The molecule has 0 spiro atoms. The topological polar surface area (TPSA) is 12.5 Å². The first-order valence-corrected chi connectivity index (χ1v) is 6.20. The molecule has 90 valence electrons. The Bertz CT molecular complexity index is 187. The SMILES string of the molecule is CC(C)(C)OCCC(C)(C)N1CCCC1. The maximum atomic E-state index is 5.80. The van der Waals surface area contributed by atoms with Crippen molar-refractivity contribution >= 4 is 0 Å². The minimum atomic E-state index is 0.00108. The summed E-state index contributed by atoms with van der Waals surface area (Å²) in [6, 6.07) is 0. The lowest BCUT2D eigenvalue weighted by Crippen LogP contribution is -2.43. The highest BCUT2D eigenvalue weighted by molar-refractivity contribution is 4.84. The maximum Gasteiger partial charge on any atom is 0.0598 e. The van der Waals surface area contributed by atoms with Gasteiger partial charge in [0.1, 0.15) is 0 Å². The summed E-state index contributed by atoms with van der Waals surface area (Å²) in [5.41, 5.74) is 0.308. The molecule has 0 unspecified atom stereocenters. The molecule has 0 aromatic carbocycles. The highest BCUT2D eigenvalue weighted by Gasteiger charge is 2.28. The predicted octanol–water partition coefficient (Wildman–Crippen LogP) is 3.07. The summed E-state index contributed by atoms with van der Waals surface area (Å²) in [6.45, 7) is 14.4. The van der Waals surface area contributed by atoms with Crippen LogP contribution in [-0.2, 0) is 4.74 Å². The van der Waals surface area contributed by atoms with Gasteiger partial charge < -0.3 is 4.74 Å². The fraction of sp³-hybridized carbons (Fsp3) is 1.00. The van der Waals surface area contributed by atoms with Crippen LogP contribution < -0.4 is 0 Å². The molecule has 0 aromatic heterocycles. The lowest BCUT2D eigenvalue weighted by Gasteiger charge is -2.36. The normalized spacial score (nSPS) is 19.8. The molecule has 2 nitrogen and oxygen atoms in total. The number of ether oxygens (including phenoxy) is 1. The molecule has 0 bridgehead atoms. The summed E-state index contributed by atoms with van der Waals surface area (Å²) in [7, 11) is 0. The van der Waals surface area contributed by atoms with Crippen molar-refractivity contribution in [2.75, 3.05) is 19.7 Å². The first-order chi connectivity index (χ1) is 6.81. The van der Waals surface area contributed by atoms with Crippen molar-refractivity contribution in [1.29, 1.82) is 0 Å². The molecule has 0 atom stereocenters. The van der Waals surface area contributed by atoms with Gasteiger partial charge in [-0.1, -0.05) is 0 Å². The molecule has 2 heteroatoms. The Morgan fingerprint density at radius 1 is 1.00 bits per heavy atom. The molecule has 1 rings (SSSR count). The van der Waals surface area contributed by atoms with E-state index in [2.05, 4.69) is 39.5 Å². The second-order valence-electron chi connectivity index (χ2n) is 6.22. The molecule has 1 fully saturated rings. The van der Waals surface area contributed by atoms with Gasteiger partial charge in [-0.3, -0.25) is 4.90 Å². The highest BCUT2D eigenvalue weighted by atomic mass is 16.5. The van der Waals surface area contributed by atoms with Gasteiger partial charge in [0.2, 0.25) is 0 Å². The van der Waals surface area contributed by atoms with Crippen molar-refractivity contribution in [3.05, 3.63) is 0 Å². The molecule has 0 aromatic rings. The first-order valence-electron chi connectivity index (χ1n) is 6.20. The van der Waals surface area contributed by atoms with E-state index in [4.69, 9.17) is 4.74 Å². The van der Waals surface area contributed by atoms with E-state index in [1.807, 2.05) is 0 Å². The van der Waals surface area contributed by atoms with Gasteiger partial charge in [-0.15, -0.1) is 0 Å². The van der Waals surface area contributed by atoms with Crippen molar-refractivity contribution in [2.24, 2.45) is 0 Å². The molecule has 1 aliphatic heterocycles. The summed E-state index contributed by atoms with van der Waals surface area (Å²) in [5, 5.41) is 0. The minimum absolute atomic E-state index is 0.00108. The zero-order valence-corrected chi connectivity index (χ0v) is 11.1. The summed E-state index contributed by atoms with van der Waals surface area (Å²) >= 11 is 0. The van der Waals surface area contributed by atoms with E-state index in [-0.39, 0.29) is 5.60 Å². The van der Waals surface area contributed by atoms with E-state index in [0.29, 0.717) is 5.54 Å². The Labute approximate surface area is 95.0 Å². The summed E-state index contributed by atoms with van der Waals surface area (Å²) in [4.78, 5) is 2.60. The van der Waals surface area contributed by atoms with Crippen LogP contribution in [-0.4, -0.2) is 35.7 Å². The zero-order chi connectivity index (χ0) is 11.5. The molecule has 0 amide bonds. The lowest BCUT2D eigenvalue weighted by molar-refractivity contribution is -0.0217. The smallest absolute Gasteiger partial charge is 0.0598 e. The number of hydrogen-bond donors (Lipinski definition) is 0. The third-order valence-electron chi connectivity index (χ3n) is 3.21. The van der Waals surface area contributed by atoms with Crippen LogP contribution >= 0.6 is 0 Å². The summed E-state index contributed by atoms with van der Waals surface area (Å²) in [5.74, 6) is 0. The average Bonchev–Trinajstić information content (AvgIpc) is 2.52. The molecule has 15 heavy (non-hydrogen) atoms. The van der Waals surface area contributed by atoms with Gasteiger partial charge in [-0.05, 0) is 67.0 Å². The van der Waals surface area contributed by atoms with Crippen molar-refractivity contribution in [3.63, 3.8) is 0 Å². The Morgan fingerprint density at radius 2 is 1.53 bits per heavy atom. The van der Waals surface area contributed by atoms with Crippen LogP contribution in [0, 0.1) is 0 Å². The molecule has 0 saturated carbocycles. The number of likely N-dealkylation sites (tertiary alicyclic amines) is 1. The van der Waals surface area contributed by atoms with Gasteiger partial charge in [0.05, 0.1) is 5.60 Å². The van der Waals surface area contributed by atoms with Crippen LogP contribution in [0.3, 0.4) is 0 Å². The quantitative estimate of drug-likeness (QED) is 0.711. The molecule has 0 N–H and O–H groups in total. The third kappa shape index (κ3) is 4.52. The number of rotatable bonds is 4. The third-order valence-corrected chi connectivity index (χ3v) is 3.21. The fourth-order valence-electron chi connectivity index (χ4n) is 2.09. The van der Waals surface area contributed by atoms with Crippen molar-refractivity contribution in [2.45, 2.75) is 65.0 Å². The molecule has 0 radical (unpaired) electrons. The minimum Gasteiger partial charge on any atom is -0.376 e. The van der Waals surface area contributed by atoms with Crippen LogP contribution in [0.2, 0.25) is 0 Å². The number of hydrogen-bond acceptors (Lipinski definition) is 2. The van der Waals surface area contributed by atoms with E-state index in [9.17, 15) is 0 Å². The zero-order valence-electron chi connectivity index (χ0n) is 11.1. The highest BCUT2D eigenvalue weighted by Crippen LogP contribution is 2.24. The molecule has 0 aliphatic carbocycles. The Balaban J connectivity index is 2.29. The summed E-state index contributed by atoms with van der Waals surface area (Å²) in [6.07, 6.45) is 3.86. The Hall–Kier alpha value is -0.0800. The van der Waals surface area contributed by atoms with E-state index in [0.717, 1.165) is 13.0 Å². The van der Waals surface area contributed by atoms with Crippen molar-refractivity contribution < 1.29 is 4.74 Å². The van der Waals surface area contributed by atoms with E-state index in [1.54, 1.807) is 0 Å². The molecular formula is C13H27NO. The maximum absolute atomic E-state index is 5.80. The van der Waals surface area contributed by atoms with Gasteiger partial charge in [-0.25, -0.2) is 0 Å². The van der Waals surface area contributed by atoms with Crippen LogP contribution in [0.5, 0.6) is 0 Å². The predicted molar refractivity (Wildman–Crippen MR) is 65.2 cm³/mol. The van der Waals surface area contributed by atoms with Crippen LogP contribution in [0.4, 0.5) is 0 Å². The van der Waals surface area contributed by atoms with E-state index in [1.165, 1.54) is 25.9 Å². The van der Waals surface area contributed by atoms with Crippen LogP contribution in [0.25, 0.3) is 0 Å². The lowest BCUT2D eigenvalue weighted by atomic mass is 9.99. The van der Waals surface area contributed by atoms with Gasteiger partial charge >= 0.3 is 0 Å². The van der Waals surface area contributed by atoms with E-state index < -0.39 is 0 Å². The largest absolute Gasteiger partial charge is 0.376 e. The second kappa shape index (κ2) is 4.84.